The highest BCUT2D eigenvalue weighted by Crippen LogP contribution is 2.44. The van der Waals surface area contributed by atoms with E-state index in [0.717, 1.165) is 6.07 Å². The van der Waals surface area contributed by atoms with Gasteiger partial charge in [0.05, 0.1) is 0 Å². The van der Waals surface area contributed by atoms with Crippen LogP contribution < -0.4 is 0 Å². The quantitative estimate of drug-likeness (QED) is 0.585. The molecule has 1 aliphatic carbocycles. The number of hydrogen-bond donors (Lipinski definition) is 4. The normalized spacial score (nSPS) is 16.7. The molecule has 0 saturated carbocycles. The van der Waals surface area contributed by atoms with Crippen molar-refractivity contribution >= 4 is 5.78 Å². The van der Waals surface area contributed by atoms with Crippen molar-refractivity contribution in [2.75, 3.05) is 0 Å². The molecular formula is C15H12O5. The molecule has 1 atom stereocenters. The van der Waals surface area contributed by atoms with Gasteiger partial charge < -0.3 is 20.4 Å². The summed E-state index contributed by atoms with van der Waals surface area (Å²) >= 11 is 0. The summed E-state index contributed by atoms with van der Waals surface area (Å²) in [4.78, 5) is 12.4. The molecule has 5 heteroatoms. The van der Waals surface area contributed by atoms with Gasteiger partial charge in [-0.05, 0) is 30.7 Å². The Balaban J connectivity index is 2.36. The highest BCUT2D eigenvalue weighted by molar-refractivity contribution is 6.13. The predicted molar refractivity (Wildman–Crippen MR) is 70.1 cm³/mol. The SMILES string of the molecule is Cc1cc(O)c2c(c1)C(=O)c1cc(O)cc(O)c1C2O. The molecule has 5 nitrogen and oxygen atoms in total. The van der Waals surface area contributed by atoms with Gasteiger partial charge in [-0.25, -0.2) is 0 Å². The van der Waals surface area contributed by atoms with E-state index >= 15 is 0 Å². The molecule has 0 amide bonds. The summed E-state index contributed by atoms with van der Waals surface area (Å²) in [6.07, 6.45) is -1.32. The standard InChI is InChI=1S/C15H12O5/c1-6-2-8-12(10(17)3-6)15(20)13-9(14(8)19)4-7(16)5-11(13)18/h2-5,15-18,20H,1H3. The van der Waals surface area contributed by atoms with Crippen LogP contribution >= 0.6 is 0 Å². The summed E-state index contributed by atoms with van der Waals surface area (Å²) in [5, 5.41) is 39.6. The van der Waals surface area contributed by atoms with Gasteiger partial charge >= 0.3 is 0 Å². The fraction of sp³-hybridized carbons (Fsp3) is 0.133. The van der Waals surface area contributed by atoms with E-state index in [1.54, 1.807) is 13.0 Å². The van der Waals surface area contributed by atoms with E-state index < -0.39 is 11.9 Å². The number of fused-ring (bicyclic) bond motifs is 2. The molecular weight excluding hydrogens is 260 g/mol. The number of rotatable bonds is 0. The van der Waals surface area contributed by atoms with Gasteiger partial charge in [0, 0.05) is 28.3 Å². The summed E-state index contributed by atoms with van der Waals surface area (Å²) in [6, 6.07) is 5.25. The molecule has 0 aromatic heterocycles. The number of hydrogen-bond acceptors (Lipinski definition) is 5. The minimum atomic E-state index is -1.32. The summed E-state index contributed by atoms with van der Waals surface area (Å²) in [5.41, 5.74) is 0.961. The Labute approximate surface area is 114 Å². The van der Waals surface area contributed by atoms with E-state index in [1.807, 2.05) is 0 Å². The maximum Gasteiger partial charge on any atom is 0.194 e. The van der Waals surface area contributed by atoms with E-state index in [0.29, 0.717) is 5.56 Å². The van der Waals surface area contributed by atoms with Crippen LogP contribution in [0.1, 0.15) is 38.7 Å². The third-order valence-electron chi connectivity index (χ3n) is 3.48. The van der Waals surface area contributed by atoms with Gasteiger partial charge in [0.25, 0.3) is 0 Å². The Bertz CT molecular complexity index is 687. The first-order chi connectivity index (χ1) is 9.40. The van der Waals surface area contributed by atoms with Crippen LogP contribution in [0.15, 0.2) is 24.3 Å². The summed E-state index contributed by atoms with van der Waals surface area (Å²) in [7, 11) is 0. The molecule has 4 N–H and O–H groups in total. The molecule has 1 aliphatic rings. The first kappa shape index (κ1) is 12.5. The molecule has 0 spiro atoms. The third-order valence-corrected chi connectivity index (χ3v) is 3.48. The number of carbonyl (C=O) groups is 1. The summed E-state index contributed by atoms with van der Waals surface area (Å²) < 4.78 is 0. The number of benzene rings is 2. The fourth-order valence-corrected chi connectivity index (χ4v) is 2.64. The Hall–Kier alpha value is -2.53. The van der Waals surface area contributed by atoms with Crippen molar-refractivity contribution in [2.45, 2.75) is 13.0 Å². The second-order valence-corrected chi connectivity index (χ2v) is 4.90. The van der Waals surface area contributed by atoms with Crippen molar-refractivity contribution in [1.82, 2.24) is 0 Å². The van der Waals surface area contributed by atoms with Crippen LogP contribution in [0.4, 0.5) is 0 Å². The van der Waals surface area contributed by atoms with Crippen LogP contribution in [0, 0.1) is 6.92 Å². The zero-order valence-electron chi connectivity index (χ0n) is 10.6. The zero-order chi connectivity index (χ0) is 14.6. The molecule has 2 aromatic rings. The number of aromatic hydroxyl groups is 3. The maximum atomic E-state index is 12.4. The maximum absolute atomic E-state index is 12.4. The number of phenols is 3. The van der Waals surface area contributed by atoms with Crippen LogP contribution in [-0.4, -0.2) is 26.2 Å². The third kappa shape index (κ3) is 1.57. The predicted octanol–water partition coefficient (Wildman–Crippen LogP) is 1.74. The van der Waals surface area contributed by atoms with Crippen molar-refractivity contribution in [3.63, 3.8) is 0 Å². The number of carbonyl (C=O) groups excluding carboxylic acids is 1. The second-order valence-electron chi connectivity index (χ2n) is 4.90. The lowest BCUT2D eigenvalue weighted by molar-refractivity contribution is 0.101. The number of aliphatic hydroxyl groups is 1. The highest BCUT2D eigenvalue weighted by Gasteiger charge is 2.35. The second kappa shape index (κ2) is 3.98. The average molecular weight is 272 g/mol. The van der Waals surface area contributed by atoms with Crippen molar-refractivity contribution in [3.05, 3.63) is 52.1 Å². The summed E-state index contributed by atoms with van der Waals surface area (Å²) in [5.74, 6) is -1.29. The van der Waals surface area contributed by atoms with Gasteiger partial charge in [0.2, 0.25) is 0 Å². The molecule has 0 heterocycles. The van der Waals surface area contributed by atoms with Crippen LogP contribution in [0.25, 0.3) is 0 Å². The minimum absolute atomic E-state index is 0.000506. The van der Waals surface area contributed by atoms with Crippen molar-refractivity contribution in [3.8, 4) is 17.2 Å². The number of aliphatic hydroxyl groups excluding tert-OH is 1. The largest absolute Gasteiger partial charge is 0.508 e. The van der Waals surface area contributed by atoms with E-state index in [1.165, 1.54) is 12.1 Å². The first-order valence-electron chi connectivity index (χ1n) is 6.02. The molecule has 0 radical (unpaired) electrons. The van der Waals surface area contributed by atoms with Gasteiger partial charge in [-0.15, -0.1) is 0 Å². The molecule has 0 bridgehead atoms. The topological polar surface area (TPSA) is 98.0 Å². The van der Waals surface area contributed by atoms with Crippen LogP contribution in [0.2, 0.25) is 0 Å². The Morgan fingerprint density at radius 2 is 1.45 bits per heavy atom. The number of phenolic OH excluding ortho intramolecular Hbond substituents is 3. The van der Waals surface area contributed by atoms with Gasteiger partial charge in [-0.3, -0.25) is 4.79 Å². The Morgan fingerprint density at radius 3 is 2.10 bits per heavy atom. The molecule has 2 aromatic carbocycles. The highest BCUT2D eigenvalue weighted by atomic mass is 16.3. The van der Waals surface area contributed by atoms with Crippen LogP contribution in [-0.2, 0) is 0 Å². The molecule has 3 rings (SSSR count). The van der Waals surface area contributed by atoms with Crippen LogP contribution in [0.3, 0.4) is 0 Å². The molecule has 1 unspecified atom stereocenters. The first-order valence-corrected chi connectivity index (χ1v) is 6.02. The average Bonchev–Trinajstić information content (AvgIpc) is 2.34. The van der Waals surface area contributed by atoms with Crippen molar-refractivity contribution < 1.29 is 25.2 Å². The zero-order valence-corrected chi connectivity index (χ0v) is 10.6. The Kier molecular flexibility index (Phi) is 2.49. The Morgan fingerprint density at radius 1 is 0.900 bits per heavy atom. The fourth-order valence-electron chi connectivity index (χ4n) is 2.64. The molecule has 0 saturated heterocycles. The lowest BCUT2D eigenvalue weighted by atomic mass is 9.81. The number of aryl methyl sites for hydroxylation is 1. The molecule has 0 aliphatic heterocycles. The summed E-state index contributed by atoms with van der Waals surface area (Å²) in [6.45, 7) is 1.72. The molecule has 0 fully saturated rings. The van der Waals surface area contributed by atoms with E-state index in [4.69, 9.17) is 0 Å². The monoisotopic (exact) mass is 272 g/mol. The van der Waals surface area contributed by atoms with E-state index in [2.05, 4.69) is 0 Å². The van der Waals surface area contributed by atoms with E-state index in [9.17, 15) is 25.2 Å². The minimum Gasteiger partial charge on any atom is -0.508 e. The van der Waals surface area contributed by atoms with Crippen molar-refractivity contribution in [2.24, 2.45) is 0 Å². The van der Waals surface area contributed by atoms with E-state index in [-0.39, 0.29) is 39.5 Å². The molecule has 20 heavy (non-hydrogen) atoms. The van der Waals surface area contributed by atoms with Gasteiger partial charge in [0.1, 0.15) is 23.4 Å². The lowest BCUT2D eigenvalue weighted by Crippen LogP contribution is -2.20. The van der Waals surface area contributed by atoms with Gasteiger partial charge in [0.15, 0.2) is 5.78 Å². The smallest absolute Gasteiger partial charge is 0.194 e. The molecule has 102 valence electrons. The number of ketones is 1. The van der Waals surface area contributed by atoms with Crippen molar-refractivity contribution in [1.29, 1.82) is 0 Å². The van der Waals surface area contributed by atoms with Crippen LogP contribution in [0.5, 0.6) is 17.2 Å². The van der Waals surface area contributed by atoms with Gasteiger partial charge in [-0.2, -0.15) is 0 Å². The van der Waals surface area contributed by atoms with Gasteiger partial charge in [-0.1, -0.05) is 0 Å². The lowest BCUT2D eigenvalue weighted by Gasteiger charge is -2.25.